The summed E-state index contributed by atoms with van der Waals surface area (Å²) in [5.41, 5.74) is 9.55. The normalized spacial score (nSPS) is 13.6. The second kappa shape index (κ2) is 11.1. The lowest BCUT2D eigenvalue weighted by Crippen LogP contribution is -2.24. The van der Waals surface area contributed by atoms with Gasteiger partial charge in [0.2, 0.25) is 0 Å². The van der Waals surface area contributed by atoms with Gasteiger partial charge in [0.15, 0.2) is 0 Å². The average molecular weight is 604 g/mol. The first-order valence-electron chi connectivity index (χ1n) is 15.6. The Kier molecular flexibility index (Phi) is 7.05. The van der Waals surface area contributed by atoms with E-state index in [4.69, 9.17) is 9.72 Å². The Morgan fingerprint density at radius 3 is 2.28 bits per heavy atom. The Morgan fingerprint density at radius 2 is 1.57 bits per heavy atom. The number of nitrogens with zero attached hydrogens (tertiary/aromatic N) is 5. The molecule has 0 aliphatic carbocycles. The standard InChI is InChI=1S/C40H37N5O/c1-26-27(2)44(25-43(26)6)32-19-30(29-10-8-7-9-11-29)20-34(22-32)46-33-13-14-35-36-18-28(24-41)12-15-37(36)45(38(35)23-33)39-21-31(16-17-42-39)40(3,4)5/h7-23H,25H2,1-6H3. The molecule has 6 heteroatoms. The number of hydrogen-bond donors (Lipinski definition) is 0. The van der Waals surface area contributed by atoms with E-state index in [1.54, 1.807) is 0 Å². The van der Waals surface area contributed by atoms with E-state index in [1.807, 2.05) is 36.5 Å². The largest absolute Gasteiger partial charge is 0.457 e. The van der Waals surface area contributed by atoms with Gasteiger partial charge in [0.05, 0.1) is 29.3 Å². The predicted octanol–water partition coefficient (Wildman–Crippen LogP) is 9.77. The Labute approximate surface area is 270 Å². The molecule has 2 aromatic heterocycles. The molecular weight excluding hydrogens is 566 g/mol. The Bertz CT molecular complexity index is 2200. The van der Waals surface area contributed by atoms with Crippen molar-refractivity contribution in [3.63, 3.8) is 0 Å². The summed E-state index contributed by atoms with van der Waals surface area (Å²) in [6.07, 6.45) is 1.88. The van der Waals surface area contributed by atoms with Crippen molar-refractivity contribution in [3.05, 3.63) is 126 Å². The van der Waals surface area contributed by atoms with Gasteiger partial charge in [-0.2, -0.15) is 5.26 Å². The number of hydrogen-bond acceptors (Lipinski definition) is 5. The maximum atomic E-state index is 9.68. The molecule has 0 amide bonds. The number of allylic oxidation sites excluding steroid dienone is 2. The van der Waals surface area contributed by atoms with Gasteiger partial charge in [-0.25, -0.2) is 4.98 Å². The van der Waals surface area contributed by atoms with Gasteiger partial charge < -0.3 is 14.5 Å². The van der Waals surface area contributed by atoms with Crippen LogP contribution in [0, 0.1) is 11.3 Å². The fourth-order valence-electron chi connectivity index (χ4n) is 6.29. The van der Waals surface area contributed by atoms with Crippen LogP contribution in [-0.2, 0) is 5.41 Å². The van der Waals surface area contributed by atoms with Crippen molar-refractivity contribution in [2.75, 3.05) is 18.6 Å². The molecule has 1 aliphatic rings. The van der Waals surface area contributed by atoms with Gasteiger partial charge in [0, 0.05) is 53.2 Å². The molecule has 0 atom stereocenters. The zero-order valence-corrected chi connectivity index (χ0v) is 27.2. The van der Waals surface area contributed by atoms with Crippen LogP contribution < -0.4 is 9.64 Å². The van der Waals surface area contributed by atoms with Crippen LogP contribution in [0.25, 0.3) is 38.8 Å². The summed E-state index contributed by atoms with van der Waals surface area (Å²) in [7, 11) is 2.12. The monoisotopic (exact) mass is 603 g/mol. The van der Waals surface area contributed by atoms with E-state index in [-0.39, 0.29) is 5.41 Å². The smallest absolute Gasteiger partial charge is 0.137 e. The molecule has 0 fully saturated rings. The van der Waals surface area contributed by atoms with Gasteiger partial charge in [-0.1, -0.05) is 51.1 Å². The highest BCUT2D eigenvalue weighted by Crippen LogP contribution is 2.39. The zero-order chi connectivity index (χ0) is 32.2. The van der Waals surface area contributed by atoms with Gasteiger partial charge in [-0.05, 0) is 90.6 Å². The third-order valence-corrected chi connectivity index (χ3v) is 9.11. The summed E-state index contributed by atoms with van der Waals surface area (Å²) in [6, 6.07) is 35.5. The molecule has 6 nitrogen and oxygen atoms in total. The minimum absolute atomic E-state index is 0.0313. The van der Waals surface area contributed by atoms with Crippen LogP contribution in [0.15, 0.2) is 115 Å². The fourth-order valence-corrected chi connectivity index (χ4v) is 6.29. The number of ether oxygens (including phenoxy) is 1. The van der Waals surface area contributed by atoms with E-state index in [9.17, 15) is 5.26 Å². The first-order chi connectivity index (χ1) is 22.1. The summed E-state index contributed by atoms with van der Waals surface area (Å²) in [6.45, 7) is 11.7. The lowest BCUT2D eigenvalue weighted by Gasteiger charge is -2.23. The van der Waals surface area contributed by atoms with E-state index in [1.165, 1.54) is 17.0 Å². The fraction of sp³-hybridized carbons (Fsp3) is 0.200. The van der Waals surface area contributed by atoms with E-state index in [0.717, 1.165) is 62.6 Å². The number of aromatic nitrogens is 2. The van der Waals surface area contributed by atoms with Crippen molar-refractivity contribution in [2.24, 2.45) is 0 Å². The van der Waals surface area contributed by atoms with Crippen LogP contribution in [0.5, 0.6) is 11.5 Å². The van der Waals surface area contributed by atoms with Gasteiger partial charge in [0.25, 0.3) is 0 Å². The van der Waals surface area contributed by atoms with Gasteiger partial charge in [0.1, 0.15) is 17.3 Å². The molecule has 0 N–H and O–H groups in total. The minimum atomic E-state index is -0.0313. The molecule has 0 spiro atoms. The van der Waals surface area contributed by atoms with Crippen LogP contribution in [0.3, 0.4) is 0 Å². The summed E-state index contributed by atoms with van der Waals surface area (Å²) < 4.78 is 8.88. The molecule has 6 aromatic rings. The Balaban J connectivity index is 1.38. The quantitative estimate of drug-likeness (QED) is 0.196. The summed E-state index contributed by atoms with van der Waals surface area (Å²) >= 11 is 0. The number of anilines is 1. The third-order valence-electron chi connectivity index (χ3n) is 9.11. The minimum Gasteiger partial charge on any atom is -0.457 e. The lowest BCUT2D eigenvalue weighted by molar-refractivity contribution is 0.459. The summed E-state index contributed by atoms with van der Waals surface area (Å²) in [5, 5.41) is 11.7. The molecule has 46 heavy (non-hydrogen) atoms. The SMILES string of the molecule is CC1=C(C)N(c2cc(Oc3ccc4c5cc(C#N)ccc5n(-c5cc(C(C)(C)C)ccn5)c4c3)cc(-c3ccccc3)c2)CN1C. The number of benzene rings is 4. The van der Waals surface area contributed by atoms with Crippen molar-refractivity contribution >= 4 is 27.5 Å². The number of rotatable bonds is 5. The molecule has 0 saturated carbocycles. The lowest BCUT2D eigenvalue weighted by atomic mass is 9.88. The molecule has 4 aromatic carbocycles. The van der Waals surface area contributed by atoms with Crippen molar-refractivity contribution in [2.45, 2.75) is 40.0 Å². The molecule has 0 saturated heterocycles. The zero-order valence-electron chi connectivity index (χ0n) is 27.2. The molecular formula is C40H37N5O. The van der Waals surface area contributed by atoms with E-state index in [0.29, 0.717) is 5.56 Å². The van der Waals surface area contributed by atoms with E-state index >= 15 is 0 Å². The third kappa shape index (κ3) is 5.14. The van der Waals surface area contributed by atoms with Crippen LogP contribution >= 0.6 is 0 Å². The molecule has 3 heterocycles. The van der Waals surface area contributed by atoms with Crippen LogP contribution in [0.4, 0.5) is 5.69 Å². The maximum Gasteiger partial charge on any atom is 0.137 e. The van der Waals surface area contributed by atoms with Crippen molar-refractivity contribution in [1.29, 1.82) is 5.26 Å². The van der Waals surface area contributed by atoms with Gasteiger partial charge in [-0.15, -0.1) is 0 Å². The summed E-state index contributed by atoms with van der Waals surface area (Å²) in [5.74, 6) is 2.32. The highest BCUT2D eigenvalue weighted by molar-refractivity contribution is 6.10. The number of pyridine rings is 1. The second-order valence-corrected chi connectivity index (χ2v) is 13.1. The van der Waals surface area contributed by atoms with Crippen LogP contribution in [0.2, 0.25) is 0 Å². The first kappa shape index (κ1) is 29.2. The summed E-state index contributed by atoms with van der Waals surface area (Å²) in [4.78, 5) is 9.41. The molecule has 0 bridgehead atoms. The van der Waals surface area contributed by atoms with Gasteiger partial charge in [-0.3, -0.25) is 4.57 Å². The second-order valence-electron chi connectivity index (χ2n) is 13.1. The number of nitriles is 1. The first-order valence-corrected chi connectivity index (χ1v) is 15.6. The van der Waals surface area contributed by atoms with Gasteiger partial charge >= 0.3 is 0 Å². The topological polar surface area (TPSA) is 57.3 Å². The van der Waals surface area contributed by atoms with E-state index < -0.39 is 0 Å². The number of fused-ring (bicyclic) bond motifs is 3. The highest BCUT2D eigenvalue weighted by Gasteiger charge is 2.23. The molecule has 228 valence electrons. The average Bonchev–Trinajstić information content (AvgIpc) is 3.52. The Morgan fingerprint density at radius 1 is 0.761 bits per heavy atom. The van der Waals surface area contributed by atoms with Crippen molar-refractivity contribution < 1.29 is 4.74 Å². The van der Waals surface area contributed by atoms with Crippen molar-refractivity contribution in [1.82, 2.24) is 14.5 Å². The molecule has 0 radical (unpaired) electrons. The maximum absolute atomic E-state index is 9.68. The predicted molar refractivity (Wildman–Crippen MR) is 187 cm³/mol. The molecule has 7 rings (SSSR count). The van der Waals surface area contributed by atoms with Crippen LogP contribution in [-0.4, -0.2) is 28.2 Å². The Hall–Kier alpha value is -5.54. The molecule has 1 aliphatic heterocycles. The van der Waals surface area contributed by atoms with E-state index in [2.05, 4.69) is 129 Å². The van der Waals surface area contributed by atoms with Crippen molar-refractivity contribution in [3.8, 4) is 34.5 Å². The van der Waals surface area contributed by atoms with Crippen LogP contribution in [0.1, 0.15) is 45.7 Å². The highest BCUT2D eigenvalue weighted by atomic mass is 16.5. The molecule has 0 unspecified atom stereocenters.